The molecule has 0 unspecified atom stereocenters. The van der Waals surface area contributed by atoms with E-state index in [1.807, 2.05) is 18.2 Å². The van der Waals surface area contributed by atoms with Gasteiger partial charge in [-0.25, -0.2) is 4.79 Å². The fourth-order valence-electron chi connectivity index (χ4n) is 2.37. The number of nitrogens with one attached hydrogen (secondary N) is 1. The second-order valence-corrected chi connectivity index (χ2v) is 5.25. The molecule has 0 aliphatic heterocycles. The van der Waals surface area contributed by atoms with E-state index in [-0.39, 0.29) is 0 Å². The highest BCUT2D eigenvalue weighted by molar-refractivity contribution is 5.87. The molecule has 2 N–H and O–H groups in total. The number of hydrogen-bond acceptors (Lipinski definition) is 3. The van der Waals surface area contributed by atoms with Crippen LogP contribution in [0.25, 0.3) is 0 Å². The summed E-state index contributed by atoms with van der Waals surface area (Å²) < 4.78 is 5.36. The van der Waals surface area contributed by atoms with E-state index in [2.05, 4.69) is 18.3 Å². The molecule has 0 aliphatic rings. The second-order valence-electron chi connectivity index (χ2n) is 5.25. The van der Waals surface area contributed by atoms with Gasteiger partial charge in [-0.15, -0.1) is 0 Å². The molecule has 0 radical (unpaired) electrons. The SMILES string of the molecule is COc1ccc(C)cc1CCNCc1cccc(C(=O)O)c1. The molecule has 0 spiro atoms. The summed E-state index contributed by atoms with van der Waals surface area (Å²) in [5.74, 6) is 0.00613. The Bertz CT molecular complexity index is 653. The van der Waals surface area contributed by atoms with Gasteiger partial charge in [-0.3, -0.25) is 0 Å². The third kappa shape index (κ3) is 4.33. The van der Waals surface area contributed by atoms with E-state index in [1.165, 1.54) is 11.1 Å². The van der Waals surface area contributed by atoms with E-state index in [0.29, 0.717) is 12.1 Å². The van der Waals surface area contributed by atoms with Gasteiger partial charge in [-0.05, 0) is 49.2 Å². The smallest absolute Gasteiger partial charge is 0.335 e. The van der Waals surface area contributed by atoms with Crippen LogP contribution in [0.5, 0.6) is 5.75 Å². The largest absolute Gasteiger partial charge is 0.496 e. The van der Waals surface area contributed by atoms with E-state index in [1.54, 1.807) is 25.3 Å². The minimum Gasteiger partial charge on any atom is -0.496 e. The molecule has 0 aliphatic carbocycles. The molecule has 0 heterocycles. The van der Waals surface area contributed by atoms with Crippen LogP contribution < -0.4 is 10.1 Å². The van der Waals surface area contributed by atoms with Crippen molar-refractivity contribution >= 4 is 5.97 Å². The zero-order chi connectivity index (χ0) is 15.9. The van der Waals surface area contributed by atoms with Crippen molar-refractivity contribution in [1.82, 2.24) is 5.32 Å². The van der Waals surface area contributed by atoms with Gasteiger partial charge in [-0.2, -0.15) is 0 Å². The topological polar surface area (TPSA) is 58.6 Å². The lowest BCUT2D eigenvalue weighted by Gasteiger charge is -2.10. The average molecular weight is 299 g/mol. The lowest BCUT2D eigenvalue weighted by molar-refractivity contribution is 0.0696. The fourth-order valence-corrected chi connectivity index (χ4v) is 2.37. The van der Waals surface area contributed by atoms with Crippen molar-refractivity contribution in [3.8, 4) is 5.75 Å². The summed E-state index contributed by atoms with van der Waals surface area (Å²) in [6.07, 6.45) is 0.865. The Kier molecular flexibility index (Phi) is 5.55. The minimum atomic E-state index is -0.897. The van der Waals surface area contributed by atoms with Crippen molar-refractivity contribution in [1.29, 1.82) is 0 Å². The molecule has 116 valence electrons. The van der Waals surface area contributed by atoms with Gasteiger partial charge in [-0.1, -0.05) is 29.8 Å². The lowest BCUT2D eigenvalue weighted by atomic mass is 10.1. The standard InChI is InChI=1S/C18H21NO3/c1-13-6-7-17(22-2)15(10-13)8-9-19-12-14-4-3-5-16(11-14)18(20)21/h3-7,10-11,19H,8-9,12H2,1-2H3,(H,20,21). The zero-order valence-corrected chi connectivity index (χ0v) is 12.9. The van der Waals surface area contributed by atoms with Crippen LogP contribution in [0.15, 0.2) is 42.5 Å². The summed E-state index contributed by atoms with van der Waals surface area (Å²) in [7, 11) is 1.68. The molecule has 22 heavy (non-hydrogen) atoms. The molecule has 0 aromatic heterocycles. The first-order valence-corrected chi connectivity index (χ1v) is 7.26. The number of aromatic carboxylic acids is 1. The molecule has 0 bridgehead atoms. The van der Waals surface area contributed by atoms with E-state index in [4.69, 9.17) is 9.84 Å². The Morgan fingerprint density at radius 2 is 2.05 bits per heavy atom. The molecule has 0 atom stereocenters. The van der Waals surface area contributed by atoms with Gasteiger partial charge in [0.25, 0.3) is 0 Å². The number of methoxy groups -OCH3 is 1. The van der Waals surface area contributed by atoms with Crippen LogP contribution in [0.1, 0.15) is 27.0 Å². The maximum Gasteiger partial charge on any atom is 0.335 e. The fraction of sp³-hybridized carbons (Fsp3) is 0.278. The molecule has 2 aromatic rings. The molecule has 4 heteroatoms. The predicted molar refractivity (Wildman–Crippen MR) is 86.5 cm³/mol. The Hall–Kier alpha value is -2.33. The summed E-state index contributed by atoms with van der Waals surface area (Å²) >= 11 is 0. The van der Waals surface area contributed by atoms with Gasteiger partial charge in [0.1, 0.15) is 5.75 Å². The number of carboxylic acid groups (broad SMARTS) is 1. The molecule has 0 saturated heterocycles. The number of carbonyl (C=O) groups is 1. The molecule has 4 nitrogen and oxygen atoms in total. The summed E-state index contributed by atoms with van der Waals surface area (Å²) in [6, 6.07) is 13.1. The molecule has 0 amide bonds. The first-order valence-electron chi connectivity index (χ1n) is 7.26. The second kappa shape index (κ2) is 7.61. The van der Waals surface area contributed by atoms with Crippen LogP contribution in [0.2, 0.25) is 0 Å². The van der Waals surface area contributed by atoms with Gasteiger partial charge in [0.2, 0.25) is 0 Å². The first kappa shape index (κ1) is 16.0. The number of aryl methyl sites for hydroxylation is 1. The maximum atomic E-state index is 10.9. The van der Waals surface area contributed by atoms with E-state index >= 15 is 0 Å². The molecule has 2 aromatic carbocycles. The molecule has 0 saturated carbocycles. The van der Waals surface area contributed by atoms with Gasteiger partial charge in [0.05, 0.1) is 12.7 Å². The number of carboxylic acids is 1. The summed E-state index contributed by atoms with van der Waals surface area (Å²) in [4.78, 5) is 10.9. The van der Waals surface area contributed by atoms with Crippen LogP contribution in [0.3, 0.4) is 0 Å². The highest BCUT2D eigenvalue weighted by Crippen LogP contribution is 2.19. The highest BCUT2D eigenvalue weighted by atomic mass is 16.5. The van der Waals surface area contributed by atoms with E-state index in [9.17, 15) is 4.79 Å². The molecule has 2 rings (SSSR count). The molecular weight excluding hydrogens is 278 g/mol. The van der Waals surface area contributed by atoms with Crippen LogP contribution in [0, 0.1) is 6.92 Å². The molecular formula is C18H21NO3. The van der Waals surface area contributed by atoms with Crippen LogP contribution in [-0.4, -0.2) is 24.7 Å². The van der Waals surface area contributed by atoms with Gasteiger partial charge in [0.15, 0.2) is 0 Å². The number of rotatable bonds is 7. The monoisotopic (exact) mass is 299 g/mol. The third-order valence-corrected chi connectivity index (χ3v) is 3.51. The quantitative estimate of drug-likeness (QED) is 0.772. The van der Waals surface area contributed by atoms with Crippen molar-refractivity contribution < 1.29 is 14.6 Å². The number of hydrogen-bond donors (Lipinski definition) is 2. The summed E-state index contributed by atoms with van der Waals surface area (Å²) in [5.41, 5.74) is 3.68. The summed E-state index contributed by atoms with van der Waals surface area (Å²) in [6.45, 7) is 3.51. The van der Waals surface area contributed by atoms with Gasteiger partial charge < -0.3 is 15.2 Å². The first-order chi connectivity index (χ1) is 10.6. The summed E-state index contributed by atoms with van der Waals surface area (Å²) in [5, 5.41) is 12.3. The lowest BCUT2D eigenvalue weighted by Crippen LogP contribution is -2.17. The Labute approximate surface area is 130 Å². The van der Waals surface area contributed by atoms with Crippen molar-refractivity contribution in [3.63, 3.8) is 0 Å². The van der Waals surface area contributed by atoms with Gasteiger partial charge in [0, 0.05) is 6.54 Å². The zero-order valence-electron chi connectivity index (χ0n) is 12.9. The Morgan fingerprint density at radius 1 is 1.23 bits per heavy atom. The highest BCUT2D eigenvalue weighted by Gasteiger charge is 2.04. The van der Waals surface area contributed by atoms with Crippen molar-refractivity contribution in [2.45, 2.75) is 19.9 Å². The van der Waals surface area contributed by atoms with E-state index in [0.717, 1.165) is 24.3 Å². The minimum absolute atomic E-state index is 0.319. The Morgan fingerprint density at radius 3 is 2.77 bits per heavy atom. The van der Waals surface area contributed by atoms with Crippen molar-refractivity contribution in [2.24, 2.45) is 0 Å². The van der Waals surface area contributed by atoms with Gasteiger partial charge >= 0.3 is 5.97 Å². The van der Waals surface area contributed by atoms with Crippen molar-refractivity contribution in [3.05, 3.63) is 64.7 Å². The normalized spacial score (nSPS) is 10.5. The Balaban J connectivity index is 1.88. The average Bonchev–Trinajstić information content (AvgIpc) is 2.52. The van der Waals surface area contributed by atoms with Crippen LogP contribution in [-0.2, 0) is 13.0 Å². The predicted octanol–water partition coefficient (Wildman–Crippen LogP) is 3.03. The van der Waals surface area contributed by atoms with Crippen molar-refractivity contribution in [2.75, 3.05) is 13.7 Å². The maximum absolute atomic E-state index is 10.9. The van der Waals surface area contributed by atoms with E-state index < -0.39 is 5.97 Å². The van der Waals surface area contributed by atoms with Crippen LogP contribution in [0.4, 0.5) is 0 Å². The third-order valence-electron chi connectivity index (χ3n) is 3.51. The number of benzene rings is 2. The van der Waals surface area contributed by atoms with Crippen LogP contribution >= 0.6 is 0 Å². The number of ether oxygens (including phenoxy) is 1. The molecule has 0 fully saturated rings.